The van der Waals surface area contributed by atoms with E-state index in [1.807, 2.05) is 0 Å². The van der Waals surface area contributed by atoms with Gasteiger partial charge in [-0.3, -0.25) is 14.9 Å². The number of nitro groups is 1. The first-order chi connectivity index (χ1) is 11.0. The predicted octanol–water partition coefficient (Wildman–Crippen LogP) is 1.48. The fraction of sp³-hybridized carbons (Fsp3) is 0.0667. The van der Waals surface area contributed by atoms with E-state index in [2.05, 4.69) is 10.5 Å². The third kappa shape index (κ3) is 4.11. The summed E-state index contributed by atoms with van der Waals surface area (Å²) >= 11 is 0. The topological polar surface area (TPSA) is 125 Å². The van der Waals surface area contributed by atoms with Crippen molar-refractivity contribution in [1.82, 2.24) is 5.43 Å². The fourth-order valence-corrected chi connectivity index (χ4v) is 1.79. The van der Waals surface area contributed by atoms with Crippen LogP contribution in [0, 0.1) is 10.1 Å². The summed E-state index contributed by atoms with van der Waals surface area (Å²) in [5.74, 6) is -1.23. The van der Waals surface area contributed by atoms with Gasteiger partial charge in [-0.15, -0.1) is 0 Å². The molecule has 23 heavy (non-hydrogen) atoms. The van der Waals surface area contributed by atoms with Gasteiger partial charge in [0.25, 0.3) is 5.91 Å². The lowest BCUT2D eigenvalue weighted by Crippen LogP contribution is -2.25. The molecule has 0 spiro atoms. The molecule has 0 saturated heterocycles. The molecule has 0 bridgehead atoms. The number of nitrogens with one attached hydrogen (secondary N) is 1. The summed E-state index contributed by atoms with van der Waals surface area (Å²) < 4.78 is 0. The zero-order valence-corrected chi connectivity index (χ0v) is 11.8. The van der Waals surface area contributed by atoms with E-state index >= 15 is 0 Å². The average molecular weight is 315 g/mol. The molecule has 2 aromatic rings. The first kappa shape index (κ1) is 16.1. The fourth-order valence-electron chi connectivity index (χ4n) is 1.79. The molecule has 0 radical (unpaired) electrons. The maximum atomic E-state index is 11.7. The van der Waals surface area contributed by atoms with Crippen LogP contribution in [-0.2, 0) is 4.79 Å². The molecule has 2 aromatic carbocycles. The lowest BCUT2D eigenvalue weighted by atomic mass is 10.1. The van der Waals surface area contributed by atoms with Gasteiger partial charge in [0.15, 0.2) is 11.9 Å². The number of aliphatic hydroxyl groups excluding tert-OH is 1. The van der Waals surface area contributed by atoms with E-state index in [-0.39, 0.29) is 0 Å². The number of nitrogens with zero attached hydrogens (tertiary/aromatic N) is 2. The number of amides is 1. The van der Waals surface area contributed by atoms with E-state index < -0.39 is 28.4 Å². The van der Waals surface area contributed by atoms with Crippen LogP contribution in [0.3, 0.4) is 0 Å². The Morgan fingerprint density at radius 3 is 2.57 bits per heavy atom. The van der Waals surface area contributed by atoms with Crippen molar-refractivity contribution in [3.05, 3.63) is 69.8 Å². The van der Waals surface area contributed by atoms with Gasteiger partial charge in [0.1, 0.15) is 0 Å². The Kier molecular flexibility index (Phi) is 5.00. The summed E-state index contributed by atoms with van der Waals surface area (Å²) in [6, 6.07) is 12.0. The average Bonchev–Trinajstić information content (AvgIpc) is 2.54. The Morgan fingerprint density at radius 2 is 1.96 bits per heavy atom. The zero-order chi connectivity index (χ0) is 16.8. The van der Waals surface area contributed by atoms with Gasteiger partial charge >= 0.3 is 5.69 Å². The number of rotatable bonds is 5. The van der Waals surface area contributed by atoms with Crippen molar-refractivity contribution in [2.75, 3.05) is 0 Å². The smallest absolute Gasteiger partial charge is 0.310 e. The molecule has 1 atom stereocenters. The summed E-state index contributed by atoms with van der Waals surface area (Å²) in [5, 5.41) is 33.5. The highest BCUT2D eigenvalue weighted by molar-refractivity contribution is 5.85. The molecule has 0 aliphatic carbocycles. The Labute approximate surface area is 130 Å². The molecule has 8 nitrogen and oxygen atoms in total. The zero-order valence-electron chi connectivity index (χ0n) is 11.8. The van der Waals surface area contributed by atoms with Gasteiger partial charge in [-0.2, -0.15) is 5.10 Å². The SMILES string of the molecule is O=C(N/N=C\c1ccc([N+](=O)[O-])c(O)c1)[C@H](O)c1ccccc1. The maximum Gasteiger partial charge on any atom is 0.310 e. The van der Waals surface area contributed by atoms with Crippen LogP contribution in [0.5, 0.6) is 5.75 Å². The van der Waals surface area contributed by atoms with Crippen LogP contribution in [0.2, 0.25) is 0 Å². The molecule has 0 aromatic heterocycles. The Hall–Kier alpha value is -3.26. The van der Waals surface area contributed by atoms with E-state index in [1.54, 1.807) is 30.3 Å². The van der Waals surface area contributed by atoms with Crippen LogP contribution in [-0.4, -0.2) is 27.3 Å². The number of aromatic hydroxyl groups is 1. The van der Waals surface area contributed by atoms with Crippen molar-refractivity contribution < 1.29 is 19.9 Å². The molecule has 1 amide bonds. The van der Waals surface area contributed by atoms with Crippen LogP contribution in [0.4, 0.5) is 5.69 Å². The highest BCUT2D eigenvalue weighted by atomic mass is 16.6. The molecule has 0 aliphatic rings. The minimum absolute atomic E-state index is 0.350. The van der Waals surface area contributed by atoms with Crippen molar-refractivity contribution >= 4 is 17.8 Å². The summed E-state index contributed by atoms with van der Waals surface area (Å²) in [5.41, 5.74) is 2.50. The van der Waals surface area contributed by atoms with Gasteiger partial charge < -0.3 is 10.2 Å². The number of benzene rings is 2. The van der Waals surface area contributed by atoms with Crippen molar-refractivity contribution in [2.24, 2.45) is 5.10 Å². The molecular weight excluding hydrogens is 302 g/mol. The first-order valence-corrected chi connectivity index (χ1v) is 6.52. The molecule has 0 saturated carbocycles. The molecule has 3 N–H and O–H groups in total. The van der Waals surface area contributed by atoms with E-state index in [0.29, 0.717) is 11.1 Å². The normalized spacial score (nSPS) is 12.0. The number of hydrogen-bond donors (Lipinski definition) is 3. The summed E-state index contributed by atoms with van der Waals surface area (Å²) in [6.45, 7) is 0. The summed E-state index contributed by atoms with van der Waals surface area (Å²) in [7, 11) is 0. The first-order valence-electron chi connectivity index (χ1n) is 6.52. The molecule has 0 fully saturated rings. The molecule has 118 valence electrons. The molecular formula is C15H13N3O5. The number of phenols is 1. The van der Waals surface area contributed by atoms with Gasteiger partial charge in [-0.25, -0.2) is 5.43 Å². The standard InChI is InChI=1S/C15H13N3O5/c19-13-8-10(6-7-12(13)18(22)23)9-16-17-15(21)14(20)11-4-2-1-3-5-11/h1-9,14,19-20H,(H,17,21)/b16-9-/t14-/m1/s1. The van der Waals surface area contributed by atoms with Crippen LogP contribution in [0.15, 0.2) is 53.6 Å². The lowest BCUT2D eigenvalue weighted by molar-refractivity contribution is -0.385. The van der Waals surface area contributed by atoms with Gasteiger partial charge in [-0.05, 0) is 23.3 Å². The van der Waals surface area contributed by atoms with Gasteiger partial charge in [0.2, 0.25) is 0 Å². The number of hydrogen-bond acceptors (Lipinski definition) is 6. The predicted molar refractivity (Wildman–Crippen MR) is 81.9 cm³/mol. The van der Waals surface area contributed by atoms with Crippen LogP contribution in [0.25, 0.3) is 0 Å². The highest BCUT2D eigenvalue weighted by Gasteiger charge is 2.16. The van der Waals surface area contributed by atoms with Crippen molar-refractivity contribution in [3.8, 4) is 5.75 Å². The van der Waals surface area contributed by atoms with Crippen molar-refractivity contribution in [3.63, 3.8) is 0 Å². The minimum atomic E-state index is -1.36. The van der Waals surface area contributed by atoms with Crippen molar-refractivity contribution in [2.45, 2.75) is 6.10 Å². The second-order valence-corrected chi connectivity index (χ2v) is 4.55. The second-order valence-electron chi connectivity index (χ2n) is 4.55. The number of carbonyl (C=O) groups excluding carboxylic acids is 1. The Balaban J connectivity index is 2.00. The number of phenolic OH excluding ortho intramolecular Hbond substituents is 1. The third-order valence-corrected chi connectivity index (χ3v) is 2.95. The molecule has 8 heteroatoms. The van der Waals surface area contributed by atoms with Crippen LogP contribution >= 0.6 is 0 Å². The van der Waals surface area contributed by atoms with Gasteiger partial charge in [0.05, 0.1) is 11.1 Å². The maximum absolute atomic E-state index is 11.7. The van der Waals surface area contributed by atoms with Gasteiger partial charge in [-0.1, -0.05) is 30.3 Å². The van der Waals surface area contributed by atoms with E-state index in [0.717, 1.165) is 12.1 Å². The van der Waals surface area contributed by atoms with Crippen LogP contribution < -0.4 is 5.43 Å². The van der Waals surface area contributed by atoms with Crippen LogP contribution in [0.1, 0.15) is 17.2 Å². The van der Waals surface area contributed by atoms with E-state index in [9.17, 15) is 25.1 Å². The lowest BCUT2D eigenvalue weighted by Gasteiger charge is -2.08. The van der Waals surface area contributed by atoms with Gasteiger partial charge in [0, 0.05) is 6.07 Å². The summed E-state index contributed by atoms with van der Waals surface area (Å²) in [4.78, 5) is 21.6. The van der Waals surface area contributed by atoms with Crippen molar-refractivity contribution in [1.29, 1.82) is 0 Å². The monoisotopic (exact) mass is 315 g/mol. The third-order valence-electron chi connectivity index (χ3n) is 2.95. The largest absolute Gasteiger partial charge is 0.502 e. The van der Waals surface area contributed by atoms with E-state index in [4.69, 9.17) is 0 Å². The summed E-state index contributed by atoms with van der Waals surface area (Å²) in [6.07, 6.45) is -0.169. The van der Waals surface area contributed by atoms with E-state index in [1.165, 1.54) is 12.3 Å². The quantitative estimate of drug-likeness (QED) is 0.438. The number of nitro benzene ring substituents is 1. The number of aliphatic hydroxyl groups is 1. The second kappa shape index (κ2) is 7.14. The number of hydrazone groups is 1. The molecule has 0 heterocycles. The number of carbonyl (C=O) groups is 1. The molecule has 0 aliphatic heterocycles. The molecule has 0 unspecified atom stereocenters. The minimum Gasteiger partial charge on any atom is -0.502 e. The molecule has 2 rings (SSSR count). The Bertz CT molecular complexity index is 746. The highest BCUT2D eigenvalue weighted by Crippen LogP contribution is 2.25. The Morgan fingerprint density at radius 1 is 1.26 bits per heavy atom.